The van der Waals surface area contributed by atoms with Gasteiger partial charge in [0.25, 0.3) is 0 Å². The SMILES string of the molecule is COc1cccc(OC)c1-c1ccc(C[C@H](NC(=NCC2CCOOCC2)[C@@H]2CCN2S(=O)(=O)c2ccccc2)C(=O)O)cc1. The topological polar surface area (TPSA) is 136 Å². The standard InChI is InChI=1S/C33H39N3O8S/c1-41-29-9-6-10-30(42-2)31(29)25-13-11-23(12-14-25)21-27(33(37)38)35-32(34-22-24-16-19-43-44-20-17-24)28-15-18-36(28)45(39,40)26-7-4-3-5-8-26/h3-14,24,27-28H,15-22H2,1-2H3,(H,34,35)(H,37,38)/t27-,28-/m0/s1. The molecule has 2 saturated heterocycles. The highest BCUT2D eigenvalue weighted by molar-refractivity contribution is 7.89. The fraction of sp³-hybridized carbons (Fsp3) is 0.394. The van der Waals surface area contributed by atoms with Crippen LogP contribution in [0.2, 0.25) is 0 Å². The molecule has 2 N–H and O–H groups in total. The minimum absolute atomic E-state index is 0.154. The molecule has 5 rings (SSSR count). The van der Waals surface area contributed by atoms with Crippen LogP contribution in [0.15, 0.2) is 82.7 Å². The first-order chi connectivity index (χ1) is 21.8. The minimum atomic E-state index is -3.80. The molecule has 3 aromatic rings. The van der Waals surface area contributed by atoms with Gasteiger partial charge in [-0.25, -0.2) is 23.0 Å². The summed E-state index contributed by atoms with van der Waals surface area (Å²) in [5.74, 6) is 0.776. The van der Waals surface area contributed by atoms with E-state index in [2.05, 4.69) is 5.32 Å². The summed E-state index contributed by atoms with van der Waals surface area (Å²) in [5, 5.41) is 13.4. The van der Waals surface area contributed by atoms with E-state index in [-0.39, 0.29) is 17.2 Å². The average Bonchev–Trinajstić information content (AvgIpc) is 3.31. The van der Waals surface area contributed by atoms with E-state index in [4.69, 9.17) is 24.2 Å². The molecule has 2 heterocycles. The van der Waals surface area contributed by atoms with E-state index in [0.717, 1.165) is 29.5 Å². The van der Waals surface area contributed by atoms with Crippen LogP contribution >= 0.6 is 0 Å². The third-order valence-electron chi connectivity index (χ3n) is 8.19. The number of carboxylic acid groups (broad SMARTS) is 1. The molecule has 0 amide bonds. The number of methoxy groups -OCH3 is 2. The Morgan fingerprint density at radius 2 is 1.60 bits per heavy atom. The summed E-state index contributed by atoms with van der Waals surface area (Å²) in [6.07, 6.45) is 2.15. The highest BCUT2D eigenvalue weighted by Crippen LogP contribution is 2.38. The molecule has 2 aliphatic heterocycles. The molecule has 3 aromatic carbocycles. The van der Waals surface area contributed by atoms with Gasteiger partial charge in [-0.05, 0) is 60.6 Å². The molecule has 0 aromatic heterocycles. The molecule has 11 nitrogen and oxygen atoms in total. The van der Waals surface area contributed by atoms with Gasteiger partial charge in [-0.3, -0.25) is 4.99 Å². The van der Waals surface area contributed by atoms with E-state index in [1.807, 2.05) is 42.5 Å². The summed E-state index contributed by atoms with van der Waals surface area (Å²) in [6.45, 7) is 1.59. The zero-order valence-electron chi connectivity index (χ0n) is 25.4. The van der Waals surface area contributed by atoms with Gasteiger partial charge in [-0.15, -0.1) is 0 Å². The highest BCUT2D eigenvalue weighted by Gasteiger charge is 2.42. The number of hydrogen-bond acceptors (Lipinski definition) is 8. The maximum atomic E-state index is 13.5. The number of benzene rings is 3. The van der Waals surface area contributed by atoms with Crippen LogP contribution < -0.4 is 14.8 Å². The van der Waals surface area contributed by atoms with Gasteiger partial charge in [0.05, 0.1) is 43.9 Å². The number of ether oxygens (including phenoxy) is 2. The van der Waals surface area contributed by atoms with E-state index in [9.17, 15) is 18.3 Å². The molecular formula is C33H39N3O8S. The summed E-state index contributed by atoms with van der Waals surface area (Å²) in [5.41, 5.74) is 2.45. The number of amidine groups is 1. The molecule has 0 aliphatic carbocycles. The lowest BCUT2D eigenvalue weighted by Gasteiger charge is -2.41. The zero-order valence-corrected chi connectivity index (χ0v) is 26.2. The second-order valence-electron chi connectivity index (χ2n) is 11.0. The van der Waals surface area contributed by atoms with Crippen LogP contribution in [-0.4, -0.2) is 82.2 Å². The Hall–Kier alpha value is -3.97. The first kappa shape index (κ1) is 32.4. The van der Waals surface area contributed by atoms with Crippen molar-refractivity contribution in [2.75, 3.05) is 40.5 Å². The van der Waals surface area contributed by atoms with Crippen molar-refractivity contribution in [3.63, 3.8) is 0 Å². The van der Waals surface area contributed by atoms with Gasteiger partial charge < -0.3 is 19.9 Å². The maximum absolute atomic E-state index is 13.5. The number of hydrogen-bond donors (Lipinski definition) is 2. The third-order valence-corrected chi connectivity index (χ3v) is 10.1. The minimum Gasteiger partial charge on any atom is -0.496 e. The lowest BCUT2D eigenvalue weighted by Crippen LogP contribution is -2.60. The molecule has 2 fully saturated rings. The number of rotatable bonds is 12. The zero-order chi connectivity index (χ0) is 31.8. The van der Waals surface area contributed by atoms with Gasteiger partial charge in [0.1, 0.15) is 23.4 Å². The Bertz CT molecular complexity index is 1550. The van der Waals surface area contributed by atoms with Gasteiger partial charge in [-0.2, -0.15) is 4.31 Å². The van der Waals surface area contributed by atoms with E-state index in [1.54, 1.807) is 44.6 Å². The highest BCUT2D eigenvalue weighted by atomic mass is 32.2. The number of sulfonamides is 1. The molecule has 12 heteroatoms. The molecule has 0 unspecified atom stereocenters. The molecule has 240 valence electrons. The van der Waals surface area contributed by atoms with Crippen molar-refractivity contribution in [2.24, 2.45) is 10.9 Å². The molecule has 0 bridgehead atoms. The average molecular weight is 638 g/mol. The van der Waals surface area contributed by atoms with Gasteiger partial charge >= 0.3 is 5.97 Å². The molecule has 0 radical (unpaired) electrons. The second-order valence-corrected chi connectivity index (χ2v) is 12.9. The smallest absolute Gasteiger partial charge is 0.326 e. The normalized spacial score (nSPS) is 18.8. The van der Waals surface area contributed by atoms with Crippen molar-refractivity contribution in [1.29, 1.82) is 0 Å². The van der Waals surface area contributed by atoms with Crippen molar-refractivity contribution in [3.05, 3.63) is 78.4 Å². The summed E-state index contributed by atoms with van der Waals surface area (Å²) in [6, 6.07) is 19.7. The van der Waals surface area contributed by atoms with Crippen LogP contribution in [0, 0.1) is 5.92 Å². The molecule has 0 saturated carbocycles. The quantitative estimate of drug-likeness (QED) is 0.170. The Morgan fingerprint density at radius 3 is 2.16 bits per heavy atom. The van der Waals surface area contributed by atoms with Crippen LogP contribution in [0.3, 0.4) is 0 Å². The first-order valence-corrected chi connectivity index (χ1v) is 16.4. The number of carbonyl (C=O) groups is 1. The fourth-order valence-corrected chi connectivity index (χ4v) is 7.22. The number of nitrogens with one attached hydrogen (secondary N) is 1. The Morgan fingerprint density at radius 1 is 0.956 bits per heavy atom. The lowest BCUT2D eigenvalue weighted by atomic mass is 9.98. The van der Waals surface area contributed by atoms with Gasteiger partial charge in [0.2, 0.25) is 10.0 Å². The van der Waals surface area contributed by atoms with E-state index < -0.39 is 28.1 Å². The largest absolute Gasteiger partial charge is 0.496 e. The second kappa shape index (κ2) is 14.9. The third kappa shape index (κ3) is 7.64. The monoisotopic (exact) mass is 637 g/mol. The van der Waals surface area contributed by atoms with Gasteiger partial charge in [0, 0.05) is 19.5 Å². The van der Waals surface area contributed by atoms with E-state index in [1.165, 1.54) is 4.31 Å². The lowest BCUT2D eigenvalue weighted by molar-refractivity contribution is -0.287. The summed E-state index contributed by atoms with van der Waals surface area (Å²) in [7, 11) is -0.603. The van der Waals surface area contributed by atoms with Crippen molar-refractivity contribution >= 4 is 21.8 Å². The number of aliphatic imine (C=N–C) groups is 1. The predicted octanol–water partition coefficient (Wildman–Crippen LogP) is 4.18. The molecule has 2 atom stereocenters. The van der Waals surface area contributed by atoms with Crippen molar-refractivity contribution in [2.45, 2.75) is 42.7 Å². The summed E-state index contributed by atoms with van der Waals surface area (Å²) < 4.78 is 39.5. The Kier molecular flexibility index (Phi) is 10.7. The van der Waals surface area contributed by atoms with E-state index in [0.29, 0.717) is 50.1 Å². The van der Waals surface area contributed by atoms with Crippen LogP contribution in [-0.2, 0) is 31.0 Å². The summed E-state index contributed by atoms with van der Waals surface area (Å²) >= 11 is 0. The van der Waals surface area contributed by atoms with Crippen LogP contribution in [0.1, 0.15) is 24.8 Å². The predicted molar refractivity (Wildman–Crippen MR) is 169 cm³/mol. The summed E-state index contributed by atoms with van der Waals surface area (Å²) in [4.78, 5) is 27.8. The Balaban J connectivity index is 1.38. The maximum Gasteiger partial charge on any atom is 0.326 e. The van der Waals surface area contributed by atoms with Crippen LogP contribution in [0.5, 0.6) is 11.5 Å². The van der Waals surface area contributed by atoms with Crippen LogP contribution in [0.4, 0.5) is 0 Å². The fourth-order valence-electron chi connectivity index (χ4n) is 5.56. The Labute approximate surface area is 263 Å². The van der Waals surface area contributed by atoms with E-state index >= 15 is 0 Å². The van der Waals surface area contributed by atoms with Crippen molar-refractivity contribution in [3.8, 4) is 22.6 Å². The molecule has 2 aliphatic rings. The first-order valence-electron chi connectivity index (χ1n) is 15.0. The molecule has 0 spiro atoms. The number of nitrogens with zero attached hydrogens (tertiary/aromatic N) is 2. The number of carboxylic acids is 1. The van der Waals surface area contributed by atoms with Crippen molar-refractivity contribution < 1.29 is 37.6 Å². The molecule has 45 heavy (non-hydrogen) atoms. The van der Waals surface area contributed by atoms with Gasteiger partial charge in [0.15, 0.2) is 0 Å². The van der Waals surface area contributed by atoms with Crippen molar-refractivity contribution in [1.82, 2.24) is 9.62 Å². The number of aliphatic carboxylic acids is 1. The van der Waals surface area contributed by atoms with Gasteiger partial charge in [-0.1, -0.05) is 48.5 Å². The van der Waals surface area contributed by atoms with Crippen LogP contribution in [0.25, 0.3) is 11.1 Å². The molecular weight excluding hydrogens is 598 g/mol.